The summed E-state index contributed by atoms with van der Waals surface area (Å²) < 4.78 is 39.4. The van der Waals surface area contributed by atoms with Crippen LogP contribution in [0.5, 0.6) is 0 Å². The number of piperidine rings is 1. The fourth-order valence-corrected chi connectivity index (χ4v) is 3.16. The van der Waals surface area contributed by atoms with Gasteiger partial charge in [-0.3, -0.25) is 14.9 Å². The largest absolute Gasteiger partial charge is 0.481 e. The van der Waals surface area contributed by atoms with Gasteiger partial charge in [0.1, 0.15) is 6.33 Å². The van der Waals surface area contributed by atoms with Crippen molar-refractivity contribution < 1.29 is 28.0 Å². The van der Waals surface area contributed by atoms with Gasteiger partial charge in [0.2, 0.25) is 5.82 Å². The van der Waals surface area contributed by atoms with Crippen LogP contribution in [0.1, 0.15) is 29.7 Å². The van der Waals surface area contributed by atoms with Crippen molar-refractivity contribution in [3.05, 3.63) is 57.5 Å². The van der Waals surface area contributed by atoms with E-state index in [1.807, 2.05) is 0 Å². The number of anilines is 1. The molecule has 0 saturated carbocycles. The lowest BCUT2D eigenvalue weighted by Crippen LogP contribution is -2.37. The third kappa shape index (κ3) is 4.48. The van der Waals surface area contributed by atoms with Crippen molar-refractivity contribution in [1.82, 2.24) is 9.97 Å². The smallest absolute Gasteiger partial charge is 0.417 e. The van der Waals surface area contributed by atoms with Crippen LogP contribution in [-0.4, -0.2) is 39.1 Å². The molecular formula is C19H15F3N4O4. The average molecular weight is 420 g/mol. The number of aromatic nitrogens is 2. The van der Waals surface area contributed by atoms with E-state index in [-0.39, 0.29) is 43.0 Å². The minimum absolute atomic E-state index is 0.0350. The maximum atomic E-state index is 13.1. The Kier molecular flexibility index (Phi) is 5.86. The number of halogens is 3. The molecule has 0 amide bonds. The van der Waals surface area contributed by atoms with E-state index in [4.69, 9.17) is 5.11 Å². The summed E-state index contributed by atoms with van der Waals surface area (Å²) in [4.78, 5) is 31.3. The van der Waals surface area contributed by atoms with E-state index < -0.39 is 34.2 Å². The van der Waals surface area contributed by atoms with Gasteiger partial charge in [-0.05, 0) is 30.9 Å². The van der Waals surface area contributed by atoms with E-state index in [0.29, 0.717) is 0 Å². The van der Waals surface area contributed by atoms with Crippen LogP contribution in [0.4, 0.5) is 24.7 Å². The number of nitrogens with zero attached hydrogens (tertiary/aromatic N) is 4. The summed E-state index contributed by atoms with van der Waals surface area (Å²) in [6.45, 7) is 0.469. The lowest BCUT2D eigenvalue weighted by Gasteiger charge is -2.30. The predicted octanol–water partition coefficient (Wildman–Crippen LogP) is 3.10. The molecule has 1 N–H and O–H groups in total. The summed E-state index contributed by atoms with van der Waals surface area (Å²) in [5.74, 6) is 3.18. The first-order valence-electron chi connectivity index (χ1n) is 8.84. The fraction of sp³-hybridized carbons (Fsp3) is 0.316. The molecule has 30 heavy (non-hydrogen) atoms. The Bertz CT molecular complexity index is 1040. The molecule has 1 aromatic heterocycles. The first kappa shape index (κ1) is 21.0. The number of rotatable bonds is 3. The van der Waals surface area contributed by atoms with Crippen LogP contribution in [-0.2, 0) is 11.0 Å². The van der Waals surface area contributed by atoms with Gasteiger partial charge in [-0.2, -0.15) is 13.2 Å². The lowest BCUT2D eigenvalue weighted by molar-refractivity contribution is -0.384. The van der Waals surface area contributed by atoms with Gasteiger partial charge >= 0.3 is 17.8 Å². The van der Waals surface area contributed by atoms with Crippen molar-refractivity contribution in [3.8, 4) is 11.8 Å². The van der Waals surface area contributed by atoms with E-state index >= 15 is 0 Å². The number of carboxylic acid groups (broad SMARTS) is 1. The number of aliphatic carboxylic acids is 1. The Hall–Kier alpha value is -3.68. The molecule has 1 fully saturated rings. The second kappa shape index (κ2) is 8.36. The van der Waals surface area contributed by atoms with E-state index in [9.17, 15) is 28.1 Å². The van der Waals surface area contributed by atoms with Gasteiger partial charge in [0.15, 0.2) is 5.69 Å². The molecule has 2 aromatic rings. The summed E-state index contributed by atoms with van der Waals surface area (Å²) in [6.07, 6.45) is -3.00. The predicted molar refractivity (Wildman–Crippen MR) is 98.7 cm³/mol. The molecule has 0 spiro atoms. The molecule has 0 radical (unpaired) electrons. The topological polar surface area (TPSA) is 109 Å². The van der Waals surface area contributed by atoms with Crippen LogP contribution in [0.15, 0.2) is 30.6 Å². The van der Waals surface area contributed by atoms with Crippen molar-refractivity contribution >= 4 is 17.5 Å². The van der Waals surface area contributed by atoms with Crippen LogP contribution in [0, 0.1) is 27.9 Å². The molecule has 0 bridgehead atoms. The minimum Gasteiger partial charge on any atom is -0.481 e. The van der Waals surface area contributed by atoms with E-state index in [2.05, 4.69) is 21.8 Å². The highest BCUT2D eigenvalue weighted by Gasteiger charge is 2.33. The molecule has 0 unspecified atom stereocenters. The quantitative estimate of drug-likeness (QED) is 0.462. The normalized spacial score (nSPS) is 14.7. The number of benzene rings is 1. The third-order valence-corrected chi connectivity index (χ3v) is 4.68. The van der Waals surface area contributed by atoms with E-state index in [1.54, 1.807) is 4.90 Å². The summed E-state index contributed by atoms with van der Waals surface area (Å²) in [5, 5.41) is 20.7. The zero-order valence-corrected chi connectivity index (χ0v) is 15.4. The molecule has 1 aliphatic rings. The third-order valence-electron chi connectivity index (χ3n) is 4.68. The Morgan fingerprint density at radius 3 is 2.47 bits per heavy atom. The van der Waals surface area contributed by atoms with Crippen molar-refractivity contribution in [1.29, 1.82) is 0 Å². The highest BCUT2D eigenvalue weighted by Crippen LogP contribution is 2.33. The highest BCUT2D eigenvalue weighted by molar-refractivity contribution is 5.71. The fourth-order valence-electron chi connectivity index (χ4n) is 3.16. The lowest BCUT2D eigenvalue weighted by atomic mass is 9.97. The van der Waals surface area contributed by atoms with Gasteiger partial charge in [0.05, 0.1) is 16.4 Å². The minimum atomic E-state index is -4.62. The Labute approximate surface area is 168 Å². The summed E-state index contributed by atoms with van der Waals surface area (Å²) >= 11 is 0. The second-order valence-electron chi connectivity index (χ2n) is 6.54. The highest BCUT2D eigenvalue weighted by atomic mass is 19.4. The summed E-state index contributed by atoms with van der Waals surface area (Å²) in [5.41, 5.74) is -2.13. The van der Waals surface area contributed by atoms with Gasteiger partial charge in [0, 0.05) is 18.7 Å². The number of hydrogen-bond donors (Lipinski definition) is 1. The maximum absolute atomic E-state index is 13.1. The van der Waals surface area contributed by atoms with E-state index in [0.717, 1.165) is 12.4 Å². The molecule has 8 nitrogen and oxygen atoms in total. The number of hydrogen-bond acceptors (Lipinski definition) is 6. The molecule has 3 rings (SSSR count). The zero-order chi connectivity index (χ0) is 21.9. The summed E-state index contributed by atoms with van der Waals surface area (Å²) in [6, 6.07) is 4.64. The monoisotopic (exact) mass is 420 g/mol. The number of carbonyl (C=O) groups is 1. The van der Waals surface area contributed by atoms with Crippen molar-refractivity contribution in [3.63, 3.8) is 0 Å². The molecule has 1 aliphatic heterocycles. The molecule has 1 aromatic carbocycles. The standard InChI is InChI=1S/C19H15F3N4O4/c20-19(21,22)14-4-2-1-3-12(14)5-6-15-16(26(29)30)17(24-11-23-15)25-9-7-13(8-10-25)18(27)28/h1-4,11,13H,7-10H2,(H,27,28). The van der Waals surface area contributed by atoms with Gasteiger partial charge in [-0.25, -0.2) is 9.97 Å². The van der Waals surface area contributed by atoms with Crippen LogP contribution < -0.4 is 4.90 Å². The number of carboxylic acids is 1. The van der Waals surface area contributed by atoms with Gasteiger partial charge < -0.3 is 10.0 Å². The molecule has 1 saturated heterocycles. The molecule has 156 valence electrons. The Morgan fingerprint density at radius 2 is 1.87 bits per heavy atom. The van der Waals surface area contributed by atoms with E-state index in [1.165, 1.54) is 18.2 Å². The molecular weight excluding hydrogens is 405 g/mol. The number of nitro groups is 1. The van der Waals surface area contributed by atoms with Crippen molar-refractivity contribution in [2.45, 2.75) is 19.0 Å². The number of alkyl halides is 3. The van der Waals surface area contributed by atoms with Crippen LogP contribution in [0.25, 0.3) is 0 Å². The molecule has 0 aliphatic carbocycles. The average Bonchev–Trinajstić information content (AvgIpc) is 2.71. The Morgan fingerprint density at radius 1 is 1.20 bits per heavy atom. The van der Waals surface area contributed by atoms with Crippen LogP contribution in [0.2, 0.25) is 0 Å². The van der Waals surface area contributed by atoms with Crippen LogP contribution in [0.3, 0.4) is 0 Å². The maximum Gasteiger partial charge on any atom is 0.417 e. The Balaban J connectivity index is 1.98. The molecule has 11 heteroatoms. The van der Waals surface area contributed by atoms with Gasteiger partial charge in [-0.15, -0.1) is 0 Å². The van der Waals surface area contributed by atoms with Crippen LogP contribution >= 0.6 is 0 Å². The van der Waals surface area contributed by atoms with Crippen molar-refractivity contribution in [2.75, 3.05) is 18.0 Å². The first-order valence-corrected chi connectivity index (χ1v) is 8.84. The van der Waals surface area contributed by atoms with Gasteiger partial charge in [-0.1, -0.05) is 18.1 Å². The first-order chi connectivity index (χ1) is 14.2. The second-order valence-corrected chi connectivity index (χ2v) is 6.54. The van der Waals surface area contributed by atoms with Gasteiger partial charge in [0.25, 0.3) is 0 Å². The summed E-state index contributed by atoms with van der Waals surface area (Å²) in [7, 11) is 0. The molecule has 0 atom stereocenters. The zero-order valence-electron chi connectivity index (χ0n) is 15.4. The molecule has 2 heterocycles. The SMILES string of the molecule is O=C(O)C1CCN(c2ncnc(C#Cc3ccccc3C(F)(F)F)c2[N+](=O)[O-])CC1. The van der Waals surface area contributed by atoms with Crippen molar-refractivity contribution in [2.24, 2.45) is 5.92 Å².